The van der Waals surface area contributed by atoms with E-state index in [1.807, 2.05) is 31.2 Å². The average Bonchev–Trinajstić information content (AvgIpc) is 3.19. The highest BCUT2D eigenvalue weighted by atomic mass is 32.2. The van der Waals surface area contributed by atoms with E-state index in [-0.39, 0.29) is 11.8 Å². The van der Waals surface area contributed by atoms with Crippen LogP contribution in [0.15, 0.2) is 62.9 Å². The number of rotatable bonds is 6. The first-order chi connectivity index (χ1) is 14.6. The normalized spacial score (nSPS) is 14.7. The predicted molar refractivity (Wildman–Crippen MR) is 118 cm³/mol. The second-order valence-corrected chi connectivity index (χ2v) is 8.73. The van der Waals surface area contributed by atoms with Crippen LogP contribution in [0, 0.1) is 19.8 Å². The van der Waals surface area contributed by atoms with Crippen molar-refractivity contribution in [1.82, 2.24) is 15.5 Å². The number of carbonyl (C=O) groups is 1. The number of aromatic nitrogens is 2. The molecule has 7 heteroatoms. The second-order valence-electron chi connectivity index (χ2n) is 7.64. The highest BCUT2D eigenvalue weighted by Crippen LogP contribution is 2.27. The zero-order valence-electron chi connectivity index (χ0n) is 17.3. The Bertz CT molecular complexity index is 977. The van der Waals surface area contributed by atoms with Crippen LogP contribution < -0.4 is 10.2 Å². The molecule has 4 rings (SSSR count). The molecular formula is C23H26N4O2S. The Morgan fingerprint density at radius 2 is 1.83 bits per heavy atom. The van der Waals surface area contributed by atoms with Gasteiger partial charge in [0.2, 0.25) is 5.91 Å². The van der Waals surface area contributed by atoms with E-state index in [0.29, 0.717) is 6.54 Å². The molecule has 1 fully saturated rings. The Labute approximate surface area is 181 Å². The summed E-state index contributed by atoms with van der Waals surface area (Å²) in [6, 6.07) is 16.2. The van der Waals surface area contributed by atoms with Crippen molar-refractivity contribution >= 4 is 23.5 Å². The third-order valence-electron chi connectivity index (χ3n) is 5.29. The second kappa shape index (κ2) is 9.34. The van der Waals surface area contributed by atoms with Gasteiger partial charge >= 0.3 is 0 Å². The van der Waals surface area contributed by atoms with E-state index < -0.39 is 0 Å². The third kappa shape index (κ3) is 5.21. The van der Waals surface area contributed by atoms with Crippen molar-refractivity contribution in [3.05, 3.63) is 65.6 Å². The lowest BCUT2D eigenvalue weighted by atomic mass is 9.96. The summed E-state index contributed by atoms with van der Waals surface area (Å²) in [7, 11) is 0. The van der Waals surface area contributed by atoms with Crippen molar-refractivity contribution in [3.63, 3.8) is 0 Å². The fourth-order valence-corrected chi connectivity index (χ4v) is 4.26. The zero-order chi connectivity index (χ0) is 20.9. The largest absolute Gasteiger partial charge is 0.465 e. The zero-order valence-corrected chi connectivity index (χ0v) is 18.1. The van der Waals surface area contributed by atoms with Gasteiger partial charge in [-0.25, -0.2) is 0 Å². The number of carbonyl (C=O) groups excluding carboxylic acids is 1. The lowest BCUT2D eigenvalue weighted by Gasteiger charge is -2.31. The summed E-state index contributed by atoms with van der Waals surface area (Å²) in [5.74, 6) is 2.64. The molecule has 0 atom stereocenters. The summed E-state index contributed by atoms with van der Waals surface area (Å²) in [4.78, 5) is 15.8. The molecule has 1 N–H and O–H groups in total. The Balaban J connectivity index is 1.26. The van der Waals surface area contributed by atoms with E-state index in [1.54, 1.807) is 11.8 Å². The smallest absolute Gasteiger partial charge is 0.223 e. The van der Waals surface area contributed by atoms with Crippen molar-refractivity contribution < 1.29 is 9.21 Å². The lowest BCUT2D eigenvalue weighted by Crippen LogP contribution is -2.40. The van der Waals surface area contributed by atoms with Gasteiger partial charge in [-0.05, 0) is 63.1 Å². The first kappa shape index (κ1) is 20.5. The Hall–Kier alpha value is -2.80. The molecule has 6 nitrogen and oxygen atoms in total. The van der Waals surface area contributed by atoms with Gasteiger partial charge in [0.25, 0.3) is 0 Å². The molecule has 3 heterocycles. The minimum Gasteiger partial charge on any atom is -0.465 e. The summed E-state index contributed by atoms with van der Waals surface area (Å²) in [6.07, 6.45) is 1.62. The summed E-state index contributed by atoms with van der Waals surface area (Å²) in [5, 5.41) is 12.6. The van der Waals surface area contributed by atoms with Crippen molar-refractivity contribution in [2.75, 3.05) is 18.0 Å². The number of hydrogen-bond acceptors (Lipinski definition) is 6. The van der Waals surface area contributed by atoms with Gasteiger partial charge in [-0.2, -0.15) is 0 Å². The van der Waals surface area contributed by atoms with Crippen LogP contribution in [0.2, 0.25) is 0 Å². The SMILES string of the molecule is Cc1ccc(Sc2ccc(N3CCC(C(=O)NCc4ccc(C)o4)CC3)nn2)cc1. The molecule has 2 aromatic heterocycles. The molecule has 1 aliphatic rings. The highest BCUT2D eigenvalue weighted by Gasteiger charge is 2.25. The lowest BCUT2D eigenvalue weighted by molar-refractivity contribution is -0.125. The average molecular weight is 423 g/mol. The molecule has 156 valence electrons. The summed E-state index contributed by atoms with van der Waals surface area (Å²) in [6.45, 7) is 6.03. The van der Waals surface area contributed by atoms with Crippen molar-refractivity contribution in [2.24, 2.45) is 5.92 Å². The highest BCUT2D eigenvalue weighted by molar-refractivity contribution is 7.99. The third-order valence-corrected chi connectivity index (χ3v) is 6.23. The summed E-state index contributed by atoms with van der Waals surface area (Å²) in [5.41, 5.74) is 1.24. The monoisotopic (exact) mass is 422 g/mol. The summed E-state index contributed by atoms with van der Waals surface area (Å²) < 4.78 is 5.51. The molecule has 0 radical (unpaired) electrons. The van der Waals surface area contributed by atoms with E-state index in [0.717, 1.165) is 53.2 Å². The van der Waals surface area contributed by atoms with Crippen LogP contribution in [0.5, 0.6) is 0 Å². The van der Waals surface area contributed by atoms with E-state index in [1.165, 1.54) is 5.56 Å². The molecule has 1 aliphatic heterocycles. The maximum Gasteiger partial charge on any atom is 0.223 e. The molecule has 1 aromatic carbocycles. The number of nitrogens with one attached hydrogen (secondary N) is 1. The minimum atomic E-state index is 0.0293. The van der Waals surface area contributed by atoms with Crippen LogP contribution in [0.4, 0.5) is 5.82 Å². The van der Waals surface area contributed by atoms with Crippen LogP contribution in [0.1, 0.15) is 29.9 Å². The molecule has 1 amide bonds. The molecule has 3 aromatic rings. The first-order valence-electron chi connectivity index (χ1n) is 10.2. The standard InChI is InChI=1S/C23H26N4O2S/c1-16-3-7-20(8-4-16)30-22-10-9-21(25-26-22)27-13-11-18(12-14-27)23(28)24-15-19-6-5-17(2)29-19/h3-10,18H,11-15H2,1-2H3,(H,24,28). The molecule has 0 bridgehead atoms. The van der Waals surface area contributed by atoms with E-state index in [2.05, 4.69) is 51.6 Å². The minimum absolute atomic E-state index is 0.0293. The molecular weight excluding hydrogens is 396 g/mol. The van der Waals surface area contributed by atoms with Gasteiger partial charge in [0.15, 0.2) is 5.82 Å². The summed E-state index contributed by atoms with van der Waals surface area (Å²) >= 11 is 1.61. The van der Waals surface area contributed by atoms with Gasteiger partial charge in [0, 0.05) is 23.9 Å². The topological polar surface area (TPSA) is 71.3 Å². The molecule has 0 aliphatic carbocycles. The number of furan rings is 1. The number of nitrogens with zero attached hydrogens (tertiary/aromatic N) is 3. The van der Waals surface area contributed by atoms with E-state index >= 15 is 0 Å². The Kier molecular flexibility index (Phi) is 6.38. The van der Waals surface area contributed by atoms with Gasteiger partial charge in [-0.1, -0.05) is 29.5 Å². The molecule has 0 unspecified atom stereocenters. The fraction of sp³-hybridized carbons (Fsp3) is 0.348. The number of aryl methyl sites for hydroxylation is 2. The van der Waals surface area contributed by atoms with Crippen LogP contribution >= 0.6 is 11.8 Å². The van der Waals surface area contributed by atoms with Crippen LogP contribution in [-0.4, -0.2) is 29.2 Å². The number of hydrogen-bond donors (Lipinski definition) is 1. The van der Waals surface area contributed by atoms with Crippen molar-refractivity contribution in [3.8, 4) is 0 Å². The number of benzene rings is 1. The van der Waals surface area contributed by atoms with E-state index in [9.17, 15) is 4.79 Å². The van der Waals surface area contributed by atoms with Gasteiger partial charge in [0.05, 0.1) is 6.54 Å². The number of anilines is 1. The molecule has 0 spiro atoms. The van der Waals surface area contributed by atoms with Gasteiger partial charge in [0.1, 0.15) is 16.5 Å². The predicted octanol–water partition coefficient (Wildman–Crippen LogP) is 4.37. The van der Waals surface area contributed by atoms with Crippen LogP contribution in [-0.2, 0) is 11.3 Å². The van der Waals surface area contributed by atoms with Gasteiger partial charge in [-0.15, -0.1) is 10.2 Å². The van der Waals surface area contributed by atoms with Crippen molar-refractivity contribution in [1.29, 1.82) is 0 Å². The Morgan fingerprint density at radius 3 is 2.47 bits per heavy atom. The van der Waals surface area contributed by atoms with Crippen LogP contribution in [0.25, 0.3) is 0 Å². The molecule has 0 saturated carbocycles. The van der Waals surface area contributed by atoms with Crippen LogP contribution in [0.3, 0.4) is 0 Å². The van der Waals surface area contributed by atoms with E-state index in [4.69, 9.17) is 4.42 Å². The van der Waals surface area contributed by atoms with Crippen molar-refractivity contribution in [2.45, 2.75) is 43.2 Å². The maximum absolute atomic E-state index is 12.5. The quantitative estimate of drug-likeness (QED) is 0.636. The molecule has 1 saturated heterocycles. The number of amides is 1. The maximum atomic E-state index is 12.5. The molecule has 30 heavy (non-hydrogen) atoms. The van der Waals surface area contributed by atoms with Gasteiger partial charge < -0.3 is 14.6 Å². The fourth-order valence-electron chi connectivity index (χ4n) is 3.53. The van der Waals surface area contributed by atoms with Gasteiger partial charge in [-0.3, -0.25) is 4.79 Å². The first-order valence-corrected chi connectivity index (χ1v) is 11.0. The Morgan fingerprint density at radius 1 is 1.07 bits per heavy atom. The number of piperidine rings is 1.